The molecule has 0 unspecified atom stereocenters. The molecule has 24 heavy (non-hydrogen) atoms. The molecule has 5 heteroatoms. The van der Waals surface area contributed by atoms with E-state index < -0.39 is 0 Å². The van der Waals surface area contributed by atoms with E-state index in [2.05, 4.69) is 21.1 Å². The zero-order valence-electron chi connectivity index (χ0n) is 12.8. The van der Waals surface area contributed by atoms with Crippen molar-refractivity contribution in [2.75, 3.05) is 0 Å². The Balaban J connectivity index is 1.85. The first-order valence-corrected chi connectivity index (χ1v) is 7.56. The molecular formula is C19H13N5. The number of aromatic nitrogens is 4. The van der Waals surface area contributed by atoms with Gasteiger partial charge in [0.25, 0.3) is 0 Å². The van der Waals surface area contributed by atoms with Crippen LogP contribution in [0.2, 0.25) is 0 Å². The second-order valence-electron chi connectivity index (χ2n) is 5.40. The Bertz CT molecular complexity index is 1040. The van der Waals surface area contributed by atoms with E-state index in [9.17, 15) is 0 Å². The summed E-state index contributed by atoms with van der Waals surface area (Å²) in [5.74, 6) is 0.752. The third kappa shape index (κ3) is 2.40. The standard InChI is InChI=1S/C19H13N5/c20-8-7-15-11-22-19(18-6-2-1-5-17(15)18)24-13-16(12-23-24)14-4-3-9-21-10-14/h1-6,9-13H,7H2. The Kier molecular flexibility index (Phi) is 3.49. The fourth-order valence-corrected chi connectivity index (χ4v) is 2.77. The van der Waals surface area contributed by atoms with Crippen LogP contribution < -0.4 is 0 Å². The first kappa shape index (κ1) is 14.1. The minimum absolute atomic E-state index is 0.341. The van der Waals surface area contributed by atoms with Gasteiger partial charge in [0.2, 0.25) is 0 Å². The number of nitrogens with zero attached hydrogens (tertiary/aromatic N) is 5. The van der Waals surface area contributed by atoms with Crippen LogP contribution in [0.5, 0.6) is 0 Å². The minimum Gasteiger partial charge on any atom is -0.264 e. The summed E-state index contributed by atoms with van der Waals surface area (Å²) in [7, 11) is 0. The van der Waals surface area contributed by atoms with Crippen molar-refractivity contribution < 1.29 is 0 Å². The summed E-state index contributed by atoms with van der Waals surface area (Å²) >= 11 is 0. The first-order valence-electron chi connectivity index (χ1n) is 7.56. The van der Waals surface area contributed by atoms with Crippen LogP contribution >= 0.6 is 0 Å². The van der Waals surface area contributed by atoms with Crippen LogP contribution in [0.3, 0.4) is 0 Å². The van der Waals surface area contributed by atoms with Gasteiger partial charge in [-0.3, -0.25) is 4.98 Å². The number of fused-ring (bicyclic) bond motifs is 1. The fourth-order valence-electron chi connectivity index (χ4n) is 2.77. The zero-order chi connectivity index (χ0) is 16.4. The highest BCUT2D eigenvalue weighted by molar-refractivity contribution is 5.91. The molecule has 0 aliphatic rings. The highest BCUT2D eigenvalue weighted by Gasteiger charge is 2.10. The summed E-state index contributed by atoms with van der Waals surface area (Å²) in [6.07, 6.45) is 9.40. The van der Waals surface area contributed by atoms with Crippen LogP contribution in [-0.4, -0.2) is 19.7 Å². The maximum atomic E-state index is 8.99. The van der Waals surface area contributed by atoms with Crippen LogP contribution in [0, 0.1) is 11.3 Å². The molecule has 1 aromatic carbocycles. The molecule has 0 N–H and O–H groups in total. The quantitative estimate of drug-likeness (QED) is 0.580. The highest BCUT2D eigenvalue weighted by Crippen LogP contribution is 2.25. The van der Waals surface area contributed by atoms with Gasteiger partial charge in [-0.05, 0) is 17.0 Å². The molecule has 4 aromatic rings. The van der Waals surface area contributed by atoms with E-state index in [4.69, 9.17) is 5.26 Å². The van der Waals surface area contributed by atoms with E-state index in [1.54, 1.807) is 23.3 Å². The van der Waals surface area contributed by atoms with Gasteiger partial charge in [0.15, 0.2) is 5.82 Å². The predicted molar refractivity (Wildman–Crippen MR) is 91.4 cm³/mol. The number of hydrogen-bond acceptors (Lipinski definition) is 4. The molecule has 0 fully saturated rings. The lowest BCUT2D eigenvalue weighted by molar-refractivity contribution is 0.854. The molecule has 0 spiro atoms. The maximum Gasteiger partial charge on any atom is 0.161 e. The number of hydrogen-bond donors (Lipinski definition) is 0. The molecule has 0 saturated carbocycles. The Morgan fingerprint density at radius 1 is 0.958 bits per heavy atom. The van der Waals surface area contributed by atoms with Gasteiger partial charge >= 0.3 is 0 Å². The lowest BCUT2D eigenvalue weighted by Crippen LogP contribution is -2.00. The second kappa shape index (κ2) is 5.94. The monoisotopic (exact) mass is 311 g/mol. The first-order chi connectivity index (χ1) is 11.9. The number of pyridine rings is 2. The van der Waals surface area contributed by atoms with Crippen molar-refractivity contribution in [3.63, 3.8) is 0 Å². The van der Waals surface area contributed by atoms with Crippen molar-refractivity contribution in [3.05, 3.63) is 72.9 Å². The molecule has 5 nitrogen and oxygen atoms in total. The minimum atomic E-state index is 0.341. The van der Waals surface area contributed by atoms with Gasteiger partial charge in [-0.15, -0.1) is 0 Å². The van der Waals surface area contributed by atoms with Crippen molar-refractivity contribution in [2.24, 2.45) is 0 Å². The van der Waals surface area contributed by atoms with Gasteiger partial charge in [0, 0.05) is 41.3 Å². The number of benzene rings is 1. The molecule has 0 saturated heterocycles. The molecule has 0 amide bonds. The molecule has 3 aromatic heterocycles. The van der Waals surface area contributed by atoms with E-state index in [1.807, 2.05) is 48.8 Å². The third-order valence-electron chi connectivity index (χ3n) is 3.92. The molecule has 114 valence electrons. The SMILES string of the molecule is N#CCc1cnc(-n2cc(-c3cccnc3)cn2)c2ccccc12. The van der Waals surface area contributed by atoms with Gasteiger partial charge in [-0.1, -0.05) is 30.3 Å². The van der Waals surface area contributed by atoms with Gasteiger partial charge in [-0.2, -0.15) is 10.4 Å². The molecule has 0 atom stereocenters. The smallest absolute Gasteiger partial charge is 0.161 e. The van der Waals surface area contributed by atoms with E-state index in [-0.39, 0.29) is 0 Å². The largest absolute Gasteiger partial charge is 0.264 e. The summed E-state index contributed by atoms with van der Waals surface area (Å²) in [5.41, 5.74) is 2.92. The highest BCUT2D eigenvalue weighted by atomic mass is 15.3. The van der Waals surface area contributed by atoms with Crippen molar-refractivity contribution in [1.82, 2.24) is 19.7 Å². The van der Waals surface area contributed by atoms with Crippen LogP contribution in [0.4, 0.5) is 0 Å². The van der Waals surface area contributed by atoms with Crippen LogP contribution in [0.1, 0.15) is 5.56 Å². The third-order valence-corrected chi connectivity index (χ3v) is 3.92. The molecule has 3 heterocycles. The summed E-state index contributed by atoms with van der Waals surface area (Å²) < 4.78 is 1.76. The van der Waals surface area contributed by atoms with Gasteiger partial charge in [0.1, 0.15) is 0 Å². The summed E-state index contributed by atoms with van der Waals surface area (Å²) in [4.78, 5) is 8.68. The average Bonchev–Trinajstić information content (AvgIpc) is 3.13. The molecule has 4 rings (SSSR count). The van der Waals surface area contributed by atoms with Gasteiger partial charge in [-0.25, -0.2) is 9.67 Å². The van der Waals surface area contributed by atoms with Crippen LogP contribution in [0.15, 0.2) is 67.4 Å². The Labute approximate surface area is 138 Å². The zero-order valence-corrected chi connectivity index (χ0v) is 12.8. The lowest BCUT2D eigenvalue weighted by atomic mass is 10.1. The van der Waals surface area contributed by atoms with E-state index >= 15 is 0 Å². The van der Waals surface area contributed by atoms with Crippen LogP contribution in [-0.2, 0) is 6.42 Å². The topological polar surface area (TPSA) is 67.4 Å². The van der Waals surface area contributed by atoms with E-state index in [1.165, 1.54) is 0 Å². The summed E-state index contributed by atoms with van der Waals surface area (Å²) in [6.45, 7) is 0. The Morgan fingerprint density at radius 3 is 2.62 bits per heavy atom. The lowest BCUT2D eigenvalue weighted by Gasteiger charge is -2.08. The number of rotatable bonds is 3. The number of nitriles is 1. The predicted octanol–water partition coefficient (Wildman–Crippen LogP) is 3.55. The Hall–Kier alpha value is -3.52. The summed E-state index contributed by atoms with van der Waals surface area (Å²) in [5, 5.41) is 15.5. The van der Waals surface area contributed by atoms with Gasteiger partial charge < -0.3 is 0 Å². The molecule has 0 aliphatic heterocycles. The maximum absolute atomic E-state index is 8.99. The Morgan fingerprint density at radius 2 is 1.83 bits per heavy atom. The van der Waals surface area contributed by atoms with Crippen molar-refractivity contribution >= 4 is 10.8 Å². The normalized spacial score (nSPS) is 10.6. The molecular weight excluding hydrogens is 298 g/mol. The fraction of sp³-hybridized carbons (Fsp3) is 0.0526. The van der Waals surface area contributed by atoms with Crippen molar-refractivity contribution in [2.45, 2.75) is 6.42 Å². The van der Waals surface area contributed by atoms with Crippen molar-refractivity contribution in [1.29, 1.82) is 5.26 Å². The second-order valence-corrected chi connectivity index (χ2v) is 5.40. The van der Waals surface area contributed by atoms with Gasteiger partial charge in [0.05, 0.1) is 18.7 Å². The van der Waals surface area contributed by atoms with Crippen LogP contribution in [0.25, 0.3) is 27.7 Å². The van der Waals surface area contributed by atoms with E-state index in [0.717, 1.165) is 33.3 Å². The van der Waals surface area contributed by atoms with E-state index in [0.29, 0.717) is 6.42 Å². The summed E-state index contributed by atoms with van der Waals surface area (Å²) in [6, 6.07) is 14.0. The van der Waals surface area contributed by atoms with Crippen molar-refractivity contribution in [3.8, 4) is 23.0 Å². The molecule has 0 bridgehead atoms. The molecule has 0 aliphatic carbocycles. The molecule has 0 radical (unpaired) electrons. The average molecular weight is 311 g/mol.